The summed E-state index contributed by atoms with van der Waals surface area (Å²) >= 11 is 0. The van der Waals surface area contributed by atoms with Gasteiger partial charge >= 0.3 is 5.97 Å². The molecule has 0 bridgehead atoms. The molecular weight excluding hydrogens is 256 g/mol. The van der Waals surface area contributed by atoms with Crippen LogP contribution in [-0.2, 0) is 4.74 Å². The maximum Gasteiger partial charge on any atom is 0.359 e. The molecule has 0 aliphatic heterocycles. The van der Waals surface area contributed by atoms with Crippen molar-refractivity contribution in [2.24, 2.45) is 0 Å². The molecule has 0 fully saturated rings. The number of nitrogens with zero attached hydrogens (tertiary/aromatic N) is 3. The summed E-state index contributed by atoms with van der Waals surface area (Å²) in [5.41, 5.74) is 7.84. The highest BCUT2D eigenvalue weighted by molar-refractivity contribution is 5.90. The summed E-state index contributed by atoms with van der Waals surface area (Å²) in [6.45, 7) is 3.71. The molecule has 0 aliphatic carbocycles. The minimum Gasteiger partial charge on any atom is -0.461 e. The van der Waals surface area contributed by atoms with Crippen LogP contribution in [0.1, 0.15) is 28.5 Å². The van der Waals surface area contributed by atoms with Crippen LogP contribution >= 0.6 is 0 Å². The predicted octanol–water partition coefficient (Wildman–Crippen LogP) is 1.81. The maximum atomic E-state index is 11.8. The number of nitriles is 1. The van der Waals surface area contributed by atoms with E-state index in [-0.39, 0.29) is 12.3 Å². The molecule has 6 heteroatoms. The second-order valence-corrected chi connectivity index (χ2v) is 4.15. The molecule has 0 unspecified atom stereocenters. The van der Waals surface area contributed by atoms with Crippen LogP contribution in [0.25, 0.3) is 5.69 Å². The second-order valence-electron chi connectivity index (χ2n) is 4.15. The first-order valence-corrected chi connectivity index (χ1v) is 6.11. The Balaban J connectivity index is 2.50. The fourth-order valence-electron chi connectivity index (χ4n) is 1.81. The van der Waals surface area contributed by atoms with Gasteiger partial charge in [-0.15, -0.1) is 0 Å². The van der Waals surface area contributed by atoms with Crippen molar-refractivity contribution in [1.82, 2.24) is 9.78 Å². The number of hydrogen-bond acceptors (Lipinski definition) is 5. The molecule has 0 amide bonds. The van der Waals surface area contributed by atoms with Crippen molar-refractivity contribution in [2.75, 3.05) is 12.3 Å². The molecule has 102 valence electrons. The van der Waals surface area contributed by atoms with Crippen molar-refractivity contribution >= 4 is 11.8 Å². The number of anilines is 1. The summed E-state index contributed by atoms with van der Waals surface area (Å²) in [7, 11) is 0. The largest absolute Gasteiger partial charge is 0.461 e. The molecule has 2 N–H and O–H groups in total. The predicted molar refractivity (Wildman–Crippen MR) is 73.4 cm³/mol. The SMILES string of the molecule is CCOC(=O)c1nn(-c2cccc(C#N)c2)c(N)c1C. The zero-order valence-corrected chi connectivity index (χ0v) is 11.3. The molecule has 20 heavy (non-hydrogen) atoms. The normalized spacial score (nSPS) is 10.1. The summed E-state index contributed by atoms with van der Waals surface area (Å²) in [6.07, 6.45) is 0. The van der Waals surface area contributed by atoms with Gasteiger partial charge in [0.2, 0.25) is 0 Å². The second kappa shape index (κ2) is 5.45. The van der Waals surface area contributed by atoms with E-state index in [2.05, 4.69) is 5.10 Å². The fourth-order valence-corrected chi connectivity index (χ4v) is 1.81. The number of carbonyl (C=O) groups excluding carboxylic acids is 1. The zero-order chi connectivity index (χ0) is 14.7. The zero-order valence-electron chi connectivity index (χ0n) is 11.3. The van der Waals surface area contributed by atoms with E-state index in [0.29, 0.717) is 22.6 Å². The van der Waals surface area contributed by atoms with E-state index in [1.807, 2.05) is 6.07 Å². The van der Waals surface area contributed by atoms with Crippen molar-refractivity contribution < 1.29 is 9.53 Å². The Bertz CT molecular complexity index is 698. The highest BCUT2D eigenvalue weighted by atomic mass is 16.5. The molecule has 2 rings (SSSR count). The molecule has 0 aliphatic rings. The third kappa shape index (κ3) is 2.34. The van der Waals surface area contributed by atoms with E-state index in [4.69, 9.17) is 15.7 Å². The molecule has 6 nitrogen and oxygen atoms in total. The van der Waals surface area contributed by atoms with Crippen LogP contribution in [0.4, 0.5) is 5.82 Å². The Morgan fingerprint density at radius 2 is 2.30 bits per heavy atom. The van der Waals surface area contributed by atoms with Gasteiger partial charge in [-0.2, -0.15) is 10.4 Å². The number of esters is 1. The smallest absolute Gasteiger partial charge is 0.359 e. The van der Waals surface area contributed by atoms with E-state index in [0.717, 1.165) is 0 Å². The Morgan fingerprint density at radius 1 is 1.55 bits per heavy atom. The number of rotatable bonds is 3. The summed E-state index contributed by atoms with van der Waals surface area (Å²) < 4.78 is 6.37. The lowest BCUT2D eigenvalue weighted by Gasteiger charge is -2.04. The van der Waals surface area contributed by atoms with Gasteiger partial charge < -0.3 is 10.5 Å². The van der Waals surface area contributed by atoms with Crippen LogP contribution < -0.4 is 5.73 Å². The van der Waals surface area contributed by atoms with Crippen molar-refractivity contribution in [3.8, 4) is 11.8 Å². The van der Waals surface area contributed by atoms with Crippen LogP contribution in [0.5, 0.6) is 0 Å². The Kier molecular flexibility index (Phi) is 3.71. The third-order valence-electron chi connectivity index (χ3n) is 2.86. The first-order chi connectivity index (χ1) is 9.58. The minimum absolute atomic E-state index is 0.187. The number of nitrogens with two attached hydrogens (primary N) is 1. The molecule has 1 aromatic carbocycles. The average molecular weight is 270 g/mol. The van der Waals surface area contributed by atoms with Crippen LogP contribution in [0, 0.1) is 18.3 Å². The quantitative estimate of drug-likeness (QED) is 0.858. The summed E-state index contributed by atoms with van der Waals surface area (Å²) in [5, 5.41) is 13.1. The van der Waals surface area contributed by atoms with Crippen molar-refractivity contribution in [3.63, 3.8) is 0 Å². The molecule has 0 spiro atoms. The lowest BCUT2D eigenvalue weighted by atomic mass is 10.2. The number of nitrogen functional groups attached to an aromatic ring is 1. The van der Waals surface area contributed by atoms with Crippen LogP contribution in [0.2, 0.25) is 0 Å². The van der Waals surface area contributed by atoms with Gasteiger partial charge in [-0.25, -0.2) is 9.48 Å². The molecule has 1 heterocycles. The monoisotopic (exact) mass is 270 g/mol. The van der Waals surface area contributed by atoms with Gasteiger partial charge in [0.05, 0.1) is 23.9 Å². The first kappa shape index (κ1) is 13.6. The van der Waals surface area contributed by atoms with Gasteiger partial charge in [0.15, 0.2) is 5.69 Å². The third-order valence-corrected chi connectivity index (χ3v) is 2.86. The van der Waals surface area contributed by atoms with E-state index in [9.17, 15) is 4.79 Å². The summed E-state index contributed by atoms with van der Waals surface area (Å²) in [5.74, 6) is -0.157. The fraction of sp³-hybridized carbons (Fsp3) is 0.214. The van der Waals surface area contributed by atoms with Gasteiger partial charge in [0.25, 0.3) is 0 Å². The van der Waals surface area contributed by atoms with Crippen LogP contribution in [0.15, 0.2) is 24.3 Å². The number of carbonyl (C=O) groups is 1. The van der Waals surface area contributed by atoms with E-state index < -0.39 is 5.97 Å². The van der Waals surface area contributed by atoms with Gasteiger partial charge in [-0.3, -0.25) is 0 Å². The molecule has 1 aromatic heterocycles. The van der Waals surface area contributed by atoms with Crippen molar-refractivity contribution in [2.45, 2.75) is 13.8 Å². The van der Waals surface area contributed by atoms with Crippen molar-refractivity contribution in [3.05, 3.63) is 41.1 Å². The maximum absolute atomic E-state index is 11.8. The molecule has 0 radical (unpaired) electrons. The Hall–Kier alpha value is -2.81. The summed E-state index contributed by atoms with van der Waals surface area (Å²) in [6, 6.07) is 8.87. The highest BCUT2D eigenvalue weighted by Gasteiger charge is 2.20. The molecule has 0 saturated heterocycles. The van der Waals surface area contributed by atoms with E-state index in [1.165, 1.54) is 4.68 Å². The number of hydrogen-bond donors (Lipinski definition) is 1. The number of benzene rings is 1. The Morgan fingerprint density at radius 3 is 2.95 bits per heavy atom. The number of ether oxygens (including phenoxy) is 1. The topological polar surface area (TPSA) is 93.9 Å². The molecular formula is C14H14N4O2. The average Bonchev–Trinajstić information content (AvgIpc) is 2.76. The van der Waals surface area contributed by atoms with Gasteiger partial charge in [0, 0.05) is 5.56 Å². The van der Waals surface area contributed by atoms with E-state index >= 15 is 0 Å². The van der Waals surface area contributed by atoms with Gasteiger partial charge in [-0.05, 0) is 32.0 Å². The van der Waals surface area contributed by atoms with E-state index in [1.54, 1.807) is 38.1 Å². The Labute approximate surface area is 116 Å². The van der Waals surface area contributed by atoms with Gasteiger partial charge in [-0.1, -0.05) is 6.07 Å². The molecule has 2 aromatic rings. The van der Waals surface area contributed by atoms with Crippen molar-refractivity contribution in [1.29, 1.82) is 5.26 Å². The van der Waals surface area contributed by atoms with Crippen LogP contribution in [-0.4, -0.2) is 22.4 Å². The summed E-state index contributed by atoms with van der Waals surface area (Å²) in [4.78, 5) is 11.8. The molecule has 0 atom stereocenters. The van der Waals surface area contributed by atoms with Gasteiger partial charge in [0.1, 0.15) is 5.82 Å². The highest BCUT2D eigenvalue weighted by Crippen LogP contribution is 2.21. The molecule has 0 saturated carbocycles. The first-order valence-electron chi connectivity index (χ1n) is 6.11. The number of aromatic nitrogens is 2. The lowest BCUT2D eigenvalue weighted by molar-refractivity contribution is 0.0518. The van der Waals surface area contributed by atoms with Crippen LogP contribution in [0.3, 0.4) is 0 Å². The lowest BCUT2D eigenvalue weighted by Crippen LogP contribution is -2.07. The standard InChI is InChI=1S/C14H14N4O2/c1-3-20-14(19)12-9(2)13(16)18(17-12)11-6-4-5-10(7-11)8-15/h4-7H,3,16H2,1-2H3. The minimum atomic E-state index is -0.508.